The zero-order chi connectivity index (χ0) is 36.5. The highest BCUT2D eigenvalue weighted by atomic mass is 31.2. The number of hydrogen-bond donors (Lipinski definition) is 6. The number of nitrogens with two attached hydrogens (primary N) is 2. The van der Waals surface area contributed by atoms with Gasteiger partial charge < -0.3 is 40.6 Å². The number of aliphatic hydroxyl groups excluding tert-OH is 1. The van der Waals surface area contributed by atoms with Crippen LogP contribution in [0.3, 0.4) is 0 Å². The fraction of sp³-hybridized carbons (Fsp3) is 0.391. The smallest absolute Gasteiger partial charge is 0.473 e. The number of halogens is 3. The second kappa shape index (κ2) is 12.4. The van der Waals surface area contributed by atoms with Gasteiger partial charge in [0.15, 0.2) is 63.7 Å². The zero-order valence-electron chi connectivity index (χ0n) is 25.1. The number of nitrogens with zero attached hydrogens (tertiary/aromatic N) is 7. The highest BCUT2D eigenvalue weighted by Crippen LogP contribution is 2.54. The molecule has 7 heterocycles. The van der Waals surface area contributed by atoms with Crippen molar-refractivity contribution < 1.29 is 69.5 Å². The lowest BCUT2D eigenvalue weighted by atomic mass is 10.2. The molecule has 0 aromatic carbocycles. The summed E-state index contributed by atoms with van der Waals surface area (Å²) in [6.07, 6.45) is -10.4. The lowest BCUT2D eigenvalue weighted by molar-refractivity contribution is -0.143. The molecule has 23 nitrogen and oxygen atoms in total. The van der Waals surface area contributed by atoms with E-state index in [4.69, 9.17) is 43.8 Å². The second-order valence-electron chi connectivity index (χ2n) is 10.7. The number of ether oxygens (including phenoxy) is 3. The van der Waals surface area contributed by atoms with Crippen molar-refractivity contribution >= 4 is 55.6 Å². The molecule has 0 fully saturated rings. The second-order valence-corrected chi connectivity index (χ2v) is 13.5. The number of nitrogens with one attached hydrogen (secondary N) is 1. The molecule has 4 aromatic heterocycles. The number of phosphoric acid groups is 2. The minimum atomic E-state index is -5.37. The van der Waals surface area contributed by atoms with Crippen molar-refractivity contribution in [2.45, 2.75) is 37.1 Å². The van der Waals surface area contributed by atoms with Crippen LogP contribution in [-0.4, -0.2) is 98.2 Å². The SMILES string of the molecule is Nc1nc2c(ncn2[C@@H]2OC3=C(OCCC(F)(F)F)C2OP(=O)(O)OC[C@H]2OC(n4cnc5c(N)ncnc54)=C(O)C2OP(=O)(O)OC3)c(=O)[nH]1. The lowest BCUT2D eigenvalue weighted by Gasteiger charge is -2.26. The first kappa shape index (κ1) is 34.6. The van der Waals surface area contributed by atoms with Crippen molar-refractivity contribution in [2.75, 3.05) is 31.3 Å². The molecular formula is C23H23F3N10O13P2. The number of nitrogen functional groups attached to an aromatic ring is 2. The Kier molecular flexibility index (Phi) is 8.45. The van der Waals surface area contributed by atoms with Crippen LogP contribution >= 0.6 is 15.6 Å². The van der Waals surface area contributed by atoms with Gasteiger partial charge in [0.25, 0.3) is 5.56 Å². The molecule has 0 saturated heterocycles. The predicted octanol–water partition coefficient (Wildman–Crippen LogP) is 0.934. The van der Waals surface area contributed by atoms with Gasteiger partial charge in [-0.05, 0) is 0 Å². The molecule has 8 N–H and O–H groups in total. The van der Waals surface area contributed by atoms with E-state index in [9.17, 15) is 42.0 Å². The summed E-state index contributed by atoms with van der Waals surface area (Å²) in [5, 5.41) is 11.1. The monoisotopic (exact) mass is 766 g/mol. The van der Waals surface area contributed by atoms with Crippen LogP contribution in [0.25, 0.3) is 28.2 Å². The van der Waals surface area contributed by atoms with Gasteiger partial charge >= 0.3 is 21.8 Å². The summed E-state index contributed by atoms with van der Waals surface area (Å²) in [6, 6.07) is 0. The molecule has 51 heavy (non-hydrogen) atoms. The molecule has 0 saturated carbocycles. The van der Waals surface area contributed by atoms with Crippen LogP contribution in [0.5, 0.6) is 0 Å². The van der Waals surface area contributed by atoms with Gasteiger partial charge in [0.1, 0.15) is 25.6 Å². The molecule has 4 unspecified atom stereocenters. The Balaban J connectivity index is 1.26. The standard InChI is InChI=1S/C23H23F3N10O13P2/c24-23(25,26)1-2-43-14-9-4-45-50(39,40)48-13-8(46-20(12(13)37)35-6-31-10-16(27)29-5-30-17(10)35)3-44-51(41,42)49-15(14)21(47-9)36-7-32-11-18(36)33-22(28)34-19(11)38/h5-8,13,15,21,37H,1-4H2,(H,39,40)(H,41,42)(H2,27,29,30)(H3,28,33,34,38)/t8-,13?,15?,21-/m1/s1. The van der Waals surface area contributed by atoms with Gasteiger partial charge in [0.05, 0.1) is 19.6 Å². The van der Waals surface area contributed by atoms with Crippen LogP contribution in [-0.2, 0) is 41.4 Å². The van der Waals surface area contributed by atoms with E-state index in [-0.39, 0.29) is 34.1 Å². The Morgan fingerprint density at radius 2 is 1.73 bits per heavy atom. The molecule has 3 aliphatic rings. The van der Waals surface area contributed by atoms with Crippen LogP contribution in [0.4, 0.5) is 24.9 Å². The average Bonchev–Trinajstić information content (AvgIpc) is 3.80. The van der Waals surface area contributed by atoms with Crippen molar-refractivity contribution in [3.8, 4) is 0 Å². The van der Waals surface area contributed by atoms with Crippen molar-refractivity contribution in [2.24, 2.45) is 0 Å². The number of phosphoric ester groups is 2. The first-order valence-electron chi connectivity index (χ1n) is 14.2. The fourth-order valence-corrected chi connectivity index (χ4v) is 6.92. The molecule has 0 amide bonds. The van der Waals surface area contributed by atoms with Gasteiger partial charge in [0.2, 0.25) is 18.1 Å². The summed E-state index contributed by atoms with van der Waals surface area (Å²) in [4.78, 5) is 56.0. The maximum absolute atomic E-state index is 13.5. The predicted molar refractivity (Wildman–Crippen MR) is 158 cm³/mol. The molecule has 6 atom stereocenters. The summed E-state index contributed by atoms with van der Waals surface area (Å²) in [6.45, 7) is -3.18. The quantitative estimate of drug-likeness (QED) is 0.154. The van der Waals surface area contributed by atoms with Crippen molar-refractivity contribution in [3.05, 3.63) is 46.6 Å². The van der Waals surface area contributed by atoms with E-state index < -0.39 is 101 Å². The van der Waals surface area contributed by atoms with E-state index in [1.54, 1.807) is 0 Å². The summed E-state index contributed by atoms with van der Waals surface area (Å²) in [7, 11) is -10.7. The van der Waals surface area contributed by atoms with Crippen LogP contribution in [0.2, 0.25) is 0 Å². The van der Waals surface area contributed by atoms with Gasteiger partial charge in [-0.2, -0.15) is 18.2 Å². The van der Waals surface area contributed by atoms with E-state index in [1.807, 2.05) is 0 Å². The van der Waals surface area contributed by atoms with Gasteiger partial charge in [-0.1, -0.05) is 0 Å². The number of aliphatic hydroxyl groups is 1. The number of alkyl halides is 3. The number of hydrogen-bond acceptors (Lipinski definition) is 18. The molecular weight excluding hydrogens is 743 g/mol. The van der Waals surface area contributed by atoms with Crippen molar-refractivity contribution in [3.63, 3.8) is 0 Å². The van der Waals surface area contributed by atoms with Gasteiger partial charge in [-0.3, -0.25) is 32.4 Å². The fourth-order valence-electron chi connectivity index (χ4n) is 5.17. The molecule has 7 rings (SSSR count). The maximum Gasteiger partial charge on any atom is 0.473 e. The van der Waals surface area contributed by atoms with Gasteiger partial charge in [-0.25, -0.2) is 33.6 Å². The van der Waals surface area contributed by atoms with E-state index in [0.29, 0.717) is 0 Å². The van der Waals surface area contributed by atoms with Gasteiger partial charge in [-0.15, -0.1) is 0 Å². The van der Waals surface area contributed by atoms with Crippen molar-refractivity contribution in [1.29, 1.82) is 0 Å². The van der Waals surface area contributed by atoms with E-state index >= 15 is 0 Å². The molecule has 274 valence electrons. The Morgan fingerprint density at radius 1 is 1.00 bits per heavy atom. The maximum atomic E-state index is 13.5. The molecule has 4 aromatic rings. The van der Waals surface area contributed by atoms with Crippen LogP contribution < -0.4 is 17.0 Å². The molecule has 3 aliphatic heterocycles. The highest BCUT2D eigenvalue weighted by Gasteiger charge is 2.50. The molecule has 0 spiro atoms. The number of rotatable bonds is 5. The first-order valence-corrected chi connectivity index (χ1v) is 17.2. The number of fused-ring (bicyclic) bond motifs is 4. The largest absolute Gasteiger partial charge is 0.505 e. The Hall–Kier alpha value is -4.81. The minimum Gasteiger partial charge on any atom is -0.505 e. The Morgan fingerprint density at radius 3 is 2.49 bits per heavy atom. The van der Waals surface area contributed by atoms with Crippen LogP contribution in [0, 0.1) is 0 Å². The number of H-pyrrole nitrogens is 1. The number of aromatic nitrogens is 8. The van der Waals surface area contributed by atoms with Crippen molar-refractivity contribution in [1.82, 2.24) is 39.0 Å². The highest BCUT2D eigenvalue weighted by molar-refractivity contribution is 7.47. The molecule has 28 heteroatoms. The number of anilines is 2. The van der Waals surface area contributed by atoms with E-state index in [2.05, 4.69) is 29.9 Å². The summed E-state index contributed by atoms with van der Waals surface area (Å²) < 4.78 is 106. The van der Waals surface area contributed by atoms with E-state index in [0.717, 1.165) is 28.1 Å². The average molecular weight is 766 g/mol. The van der Waals surface area contributed by atoms with Crippen LogP contribution in [0.15, 0.2) is 41.1 Å². The zero-order valence-corrected chi connectivity index (χ0v) is 26.9. The van der Waals surface area contributed by atoms with Crippen LogP contribution in [0.1, 0.15) is 12.6 Å². The minimum absolute atomic E-state index is 0.0217. The first-order chi connectivity index (χ1) is 24.0. The molecule has 2 bridgehead atoms. The number of aromatic amines is 1. The Labute approximate surface area is 279 Å². The topological polar surface area (TPSA) is 319 Å². The summed E-state index contributed by atoms with van der Waals surface area (Å²) >= 11 is 0. The summed E-state index contributed by atoms with van der Waals surface area (Å²) in [5.41, 5.74) is 10.2. The third kappa shape index (κ3) is 6.70. The Bertz CT molecular complexity index is 2260. The normalized spacial score (nSPS) is 29.0. The molecule has 0 aliphatic carbocycles. The third-order valence-electron chi connectivity index (χ3n) is 7.35. The lowest BCUT2D eigenvalue weighted by Crippen LogP contribution is -2.32. The summed E-state index contributed by atoms with van der Waals surface area (Å²) in [5.74, 6) is -3.05. The van der Waals surface area contributed by atoms with Gasteiger partial charge in [0, 0.05) is 0 Å². The van der Waals surface area contributed by atoms with E-state index in [1.165, 1.54) is 0 Å². The number of imidazole rings is 2. The molecule has 0 radical (unpaired) electrons. The third-order valence-corrected chi connectivity index (χ3v) is 9.27.